The van der Waals surface area contributed by atoms with Crippen LogP contribution >= 0.6 is 0 Å². The van der Waals surface area contributed by atoms with Crippen molar-refractivity contribution in [3.05, 3.63) is 23.3 Å². The molecule has 0 aromatic rings. The molecule has 0 radical (unpaired) electrons. The third-order valence-corrected chi connectivity index (χ3v) is 3.98. The van der Waals surface area contributed by atoms with E-state index >= 15 is 0 Å². The molecule has 0 saturated carbocycles. The summed E-state index contributed by atoms with van der Waals surface area (Å²) in [7, 11) is 0. The van der Waals surface area contributed by atoms with Gasteiger partial charge in [0.2, 0.25) is 0 Å². The fraction of sp³-hybridized carbons (Fsp3) is 0.600. The Bertz CT molecular complexity index is 590. The maximum atomic E-state index is 13.6. The van der Waals surface area contributed by atoms with E-state index in [1.807, 2.05) is 0 Å². The second-order valence-electron chi connectivity index (χ2n) is 5.78. The zero-order chi connectivity index (χ0) is 16.9. The zero-order valence-electron chi connectivity index (χ0n) is 12.7. The highest BCUT2D eigenvalue weighted by atomic mass is 19.4. The van der Waals surface area contributed by atoms with Crippen molar-refractivity contribution in [2.75, 3.05) is 6.61 Å². The number of carbonyl (C=O) groups excluding carboxylic acids is 2. The first-order valence-corrected chi connectivity index (χ1v) is 6.86. The summed E-state index contributed by atoms with van der Waals surface area (Å²) in [6, 6.07) is 0. The Kier molecular flexibility index (Phi) is 3.76. The van der Waals surface area contributed by atoms with Crippen LogP contribution in [-0.2, 0) is 19.1 Å². The van der Waals surface area contributed by atoms with Crippen molar-refractivity contribution in [2.24, 2.45) is 5.92 Å². The summed E-state index contributed by atoms with van der Waals surface area (Å²) >= 11 is 0. The molecule has 0 aromatic carbocycles. The molecule has 0 fully saturated rings. The van der Waals surface area contributed by atoms with Crippen molar-refractivity contribution < 1.29 is 32.2 Å². The van der Waals surface area contributed by atoms with E-state index in [-0.39, 0.29) is 6.61 Å². The molecule has 0 N–H and O–H groups in total. The second-order valence-corrected chi connectivity index (χ2v) is 5.78. The quantitative estimate of drug-likeness (QED) is 0.593. The minimum Gasteiger partial charge on any atom is -0.463 e. The van der Waals surface area contributed by atoms with Gasteiger partial charge in [-0.15, -0.1) is 0 Å². The maximum Gasteiger partial charge on any atom is 0.414 e. The highest BCUT2D eigenvalue weighted by molar-refractivity contribution is 5.96. The first kappa shape index (κ1) is 16.7. The van der Waals surface area contributed by atoms with Crippen LogP contribution < -0.4 is 0 Å². The van der Waals surface area contributed by atoms with E-state index in [0.717, 1.165) is 6.92 Å². The number of hydrogen-bond donors (Lipinski definition) is 0. The summed E-state index contributed by atoms with van der Waals surface area (Å²) in [5.74, 6) is -3.43. The summed E-state index contributed by atoms with van der Waals surface area (Å²) < 4.78 is 51.3. The highest BCUT2D eigenvalue weighted by Crippen LogP contribution is 2.54. The third-order valence-electron chi connectivity index (χ3n) is 3.98. The fourth-order valence-electron chi connectivity index (χ4n) is 3.27. The average molecular weight is 318 g/mol. The average Bonchev–Trinajstić information content (AvgIpc) is 2.59. The maximum absolute atomic E-state index is 13.6. The minimum absolute atomic E-state index is 0.0741. The molecule has 22 heavy (non-hydrogen) atoms. The van der Waals surface area contributed by atoms with Gasteiger partial charge in [0.25, 0.3) is 0 Å². The molecule has 3 atom stereocenters. The molecule has 0 aliphatic carbocycles. The van der Waals surface area contributed by atoms with Gasteiger partial charge in [0.1, 0.15) is 11.4 Å². The summed E-state index contributed by atoms with van der Waals surface area (Å²) in [6.45, 7) is 5.25. The van der Waals surface area contributed by atoms with Crippen molar-refractivity contribution in [3.8, 4) is 0 Å². The van der Waals surface area contributed by atoms with Gasteiger partial charge in [-0.05, 0) is 33.8 Å². The van der Waals surface area contributed by atoms with Gasteiger partial charge < -0.3 is 9.47 Å². The van der Waals surface area contributed by atoms with Gasteiger partial charge in [0.05, 0.1) is 29.3 Å². The third kappa shape index (κ3) is 2.37. The van der Waals surface area contributed by atoms with Crippen molar-refractivity contribution in [1.29, 1.82) is 0 Å². The normalized spacial score (nSPS) is 34.0. The molecule has 0 amide bonds. The van der Waals surface area contributed by atoms with Crippen LogP contribution in [0.25, 0.3) is 0 Å². The number of halogens is 3. The summed E-state index contributed by atoms with van der Waals surface area (Å²) in [4.78, 5) is 24.0. The van der Waals surface area contributed by atoms with Crippen molar-refractivity contribution in [2.45, 2.75) is 45.1 Å². The molecule has 122 valence electrons. The van der Waals surface area contributed by atoms with Gasteiger partial charge in [-0.1, -0.05) is 6.08 Å². The number of hydrogen-bond acceptors (Lipinski definition) is 4. The minimum atomic E-state index is -4.84. The van der Waals surface area contributed by atoms with E-state index < -0.39 is 46.2 Å². The van der Waals surface area contributed by atoms with Crippen LogP contribution in [-0.4, -0.2) is 35.7 Å². The van der Waals surface area contributed by atoms with E-state index in [0.29, 0.717) is 0 Å². The molecular weight excluding hydrogens is 301 g/mol. The number of ketones is 1. The molecule has 0 unspecified atom stereocenters. The summed E-state index contributed by atoms with van der Waals surface area (Å²) in [5.41, 5.74) is -4.80. The van der Waals surface area contributed by atoms with Gasteiger partial charge >= 0.3 is 12.1 Å². The van der Waals surface area contributed by atoms with Crippen LogP contribution in [0.2, 0.25) is 0 Å². The molecule has 0 spiro atoms. The SMILES string of the molecule is CCOC(=O)C1=C(C(F)(F)F)[C@@H](C(C)=O)[C@]2(C)C=C[C@@]1(C)O2. The van der Waals surface area contributed by atoms with Crippen LogP contribution in [0.4, 0.5) is 13.2 Å². The number of esters is 1. The lowest BCUT2D eigenvalue weighted by molar-refractivity contribution is -0.164. The predicted octanol–water partition coefficient (Wildman–Crippen LogP) is 2.73. The first-order chi connectivity index (χ1) is 9.96. The topological polar surface area (TPSA) is 52.6 Å². The largest absolute Gasteiger partial charge is 0.463 e. The Labute approximate surface area is 126 Å². The number of fused-ring (bicyclic) bond motifs is 2. The Balaban J connectivity index is 2.78. The van der Waals surface area contributed by atoms with E-state index in [2.05, 4.69) is 0 Å². The molecular formula is C15H17F3O4. The van der Waals surface area contributed by atoms with E-state index in [1.165, 1.54) is 32.9 Å². The molecule has 2 aliphatic heterocycles. The van der Waals surface area contributed by atoms with Crippen molar-refractivity contribution in [1.82, 2.24) is 0 Å². The highest BCUT2D eigenvalue weighted by Gasteiger charge is 2.62. The van der Waals surface area contributed by atoms with Gasteiger partial charge in [-0.3, -0.25) is 4.79 Å². The number of ether oxygens (including phenoxy) is 2. The number of alkyl halides is 3. The van der Waals surface area contributed by atoms with E-state index in [1.54, 1.807) is 0 Å². The monoisotopic (exact) mass is 318 g/mol. The molecule has 2 bridgehead atoms. The Morgan fingerprint density at radius 1 is 1.32 bits per heavy atom. The Hall–Kier alpha value is -1.63. The van der Waals surface area contributed by atoms with E-state index in [9.17, 15) is 22.8 Å². The first-order valence-electron chi connectivity index (χ1n) is 6.86. The van der Waals surface area contributed by atoms with Gasteiger partial charge in [-0.25, -0.2) is 4.79 Å². The van der Waals surface area contributed by atoms with Crippen molar-refractivity contribution >= 4 is 11.8 Å². The number of rotatable bonds is 3. The van der Waals surface area contributed by atoms with Crippen LogP contribution in [0.15, 0.2) is 23.3 Å². The molecule has 0 saturated heterocycles. The molecule has 7 heteroatoms. The smallest absolute Gasteiger partial charge is 0.414 e. The van der Waals surface area contributed by atoms with Crippen molar-refractivity contribution in [3.63, 3.8) is 0 Å². The Morgan fingerprint density at radius 2 is 1.91 bits per heavy atom. The molecule has 2 aliphatic rings. The second kappa shape index (κ2) is 4.94. The van der Waals surface area contributed by atoms with Gasteiger partial charge in [0.15, 0.2) is 0 Å². The number of carbonyl (C=O) groups is 2. The van der Waals surface area contributed by atoms with Crippen LogP contribution in [0.1, 0.15) is 27.7 Å². The van der Waals surface area contributed by atoms with Gasteiger partial charge in [-0.2, -0.15) is 13.2 Å². The predicted molar refractivity (Wildman–Crippen MR) is 70.9 cm³/mol. The molecule has 0 aromatic heterocycles. The van der Waals surface area contributed by atoms with Crippen LogP contribution in [0.3, 0.4) is 0 Å². The fourth-order valence-corrected chi connectivity index (χ4v) is 3.27. The molecule has 4 nitrogen and oxygen atoms in total. The van der Waals surface area contributed by atoms with Crippen LogP contribution in [0, 0.1) is 5.92 Å². The molecule has 2 heterocycles. The zero-order valence-corrected chi connectivity index (χ0v) is 12.7. The van der Waals surface area contributed by atoms with E-state index in [4.69, 9.17) is 9.47 Å². The number of Topliss-reactive ketones (excluding diaryl/α,β-unsaturated/α-hetero) is 1. The van der Waals surface area contributed by atoms with Crippen LogP contribution in [0.5, 0.6) is 0 Å². The standard InChI is InChI=1S/C15H17F3O4/c1-5-21-12(20)11-10(15(16,17)18)9(8(2)19)13(3)6-7-14(11,4)22-13/h6-7,9H,5H2,1-4H3/t9-,13+,14-/m1/s1. The summed E-state index contributed by atoms with van der Waals surface area (Å²) in [6.07, 6.45) is -2.04. The van der Waals surface area contributed by atoms with Gasteiger partial charge in [0, 0.05) is 0 Å². The lowest BCUT2D eigenvalue weighted by atomic mass is 9.75. The lowest BCUT2D eigenvalue weighted by Crippen LogP contribution is -2.53. The lowest BCUT2D eigenvalue weighted by Gasteiger charge is -2.43. The molecule has 2 rings (SSSR count). The Morgan fingerprint density at radius 3 is 2.36 bits per heavy atom. The summed E-state index contributed by atoms with van der Waals surface area (Å²) in [5, 5.41) is 0.